The van der Waals surface area contributed by atoms with Crippen LogP contribution in [0.3, 0.4) is 0 Å². The topological polar surface area (TPSA) is 75.7 Å². The summed E-state index contributed by atoms with van der Waals surface area (Å²) >= 11 is 1.46. The van der Waals surface area contributed by atoms with Crippen molar-refractivity contribution in [2.24, 2.45) is 5.92 Å². The van der Waals surface area contributed by atoms with E-state index < -0.39 is 0 Å². The summed E-state index contributed by atoms with van der Waals surface area (Å²) in [5, 5.41) is 6.34. The summed E-state index contributed by atoms with van der Waals surface area (Å²) in [5.41, 5.74) is 0.614. The van der Waals surface area contributed by atoms with Gasteiger partial charge in [-0.15, -0.1) is 0 Å². The SMILES string of the molecule is CCOC(=O)[C@@H]1CCCN(C(=O)CCNC(=O)c2ccsc2)C1. The second-order valence-corrected chi connectivity index (χ2v) is 6.23. The van der Waals surface area contributed by atoms with Gasteiger partial charge in [0.05, 0.1) is 12.5 Å². The first-order chi connectivity index (χ1) is 11.1. The van der Waals surface area contributed by atoms with Gasteiger partial charge in [0.1, 0.15) is 0 Å². The number of nitrogens with zero attached hydrogens (tertiary/aromatic N) is 1. The molecule has 1 aliphatic heterocycles. The van der Waals surface area contributed by atoms with Crippen LogP contribution < -0.4 is 5.32 Å². The van der Waals surface area contributed by atoms with Crippen LogP contribution in [0.15, 0.2) is 16.8 Å². The van der Waals surface area contributed by atoms with Crippen LogP contribution in [0, 0.1) is 5.92 Å². The fourth-order valence-corrected chi connectivity index (χ4v) is 3.23. The van der Waals surface area contributed by atoms with Crippen LogP contribution in [-0.4, -0.2) is 48.9 Å². The molecule has 2 amide bonds. The summed E-state index contributed by atoms with van der Waals surface area (Å²) < 4.78 is 5.03. The number of ether oxygens (including phenoxy) is 1. The lowest BCUT2D eigenvalue weighted by atomic mass is 9.98. The third-order valence-corrected chi connectivity index (χ3v) is 4.49. The first-order valence-electron chi connectivity index (χ1n) is 7.86. The molecule has 0 unspecified atom stereocenters. The van der Waals surface area contributed by atoms with E-state index in [9.17, 15) is 14.4 Å². The average Bonchev–Trinajstić information content (AvgIpc) is 3.09. The van der Waals surface area contributed by atoms with Gasteiger partial charge in [-0.25, -0.2) is 0 Å². The van der Waals surface area contributed by atoms with E-state index in [1.807, 2.05) is 5.38 Å². The van der Waals surface area contributed by atoms with Crippen molar-refractivity contribution in [1.29, 1.82) is 0 Å². The van der Waals surface area contributed by atoms with E-state index in [1.165, 1.54) is 11.3 Å². The number of carbonyl (C=O) groups is 3. The van der Waals surface area contributed by atoms with Crippen molar-refractivity contribution >= 4 is 29.1 Å². The van der Waals surface area contributed by atoms with Gasteiger partial charge < -0.3 is 15.0 Å². The Hall–Kier alpha value is -1.89. The van der Waals surface area contributed by atoms with Gasteiger partial charge >= 0.3 is 5.97 Å². The first kappa shape index (κ1) is 17.5. The smallest absolute Gasteiger partial charge is 0.310 e. The summed E-state index contributed by atoms with van der Waals surface area (Å²) in [6.45, 7) is 3.51. The van der Waals surface area contributed by atoms with E-state index in [2.05, 4.69) is 5.32 Å². The van der Waals surface area contributed by atoms with E-state index in [-0.39, 0.29) is 30.1 Å². The molecule has 0 saturated carbocycles. The minimum atomic E-state index is -0.229. The molecule has 0 spiro atoms. The number of hydrogen-bond acceptors (Lipinski definition) is 5. The number of likely N-dealkylation sites (tertiary alicyclic amines) is 1. The van der Waals surface area contributed by atoms with Crippen molar-refractivity contribution in [1.82, 2.24) is 10.2 Å². The Labute approximate surface area is 139 Å². The summed E-state index contributed by atoms with van der Waals surface area (Å²) in [6.07, 6.45) is 1.80. The zero-order valence-electron chi connectivity index (χ0n) is 13.2. The summed E-state index contributed by atoms with van der Waals surface area (Å²) in [6, 6.07) is 1.75. The maximum Gasteiger partial charge on any atom is 0.310 e. The van der Waals surface area contributed by atoms with E-state index >= 15 is 0 Å². The van der Waals surface area contributed by atoms with Crippen LogP contribution in [0.25, 0.3) is 0 Å². The van der Waals surface area contributed by atoms with Crippen LogP contribution in [0.4, 0.5) is 0 Å². The second kappa shape index (κ2) is 8.67. The van der Waals surface area contributed by atoms with Crippen molar-refractivity contribution in [2.75, 3.05) is 26.2 Å². The molecule has 2 rings (SSSR count). The molecule has 0 bridgehead atoms. The molecule has 1 saturated heterocycles. The molecule has 1 aliphatic rings. The van der Waals surface area contributed by atoms with Crippen molar-refractivity contribution in [2.45, 2.75) is 26.2 Å². The molecular formula is C16H22N2O4S. The predicted octanol–water partition coefficient (Wildman–Crippen LogP) is 1.67. The van der Waals surface area contributed by atoms with Gasteiger partial charge in [0.25, 0.3) is 5.91 Å². The number of carbonyl (C=O) groups excluding carboxylic acids is 3. The fraction of sp³-hybridized carbons (Fsp3) is 0.562. The summed E-state index contributed by atoms with van der Waals surface area (Å²) in [5.74, 6) is -0.657. The lowest BCUT2D eigenvalue weighted by Gasteiger charge is -2.31. The molecule has 0 aliphatic carbocycles. The Morgan fingerprint density at radius 2 is 2.26 bits per heavy atom. The van der Waals surface area contributed by atoms with E-state index in [1.54, 1.807) is 23.3 Å². The number of amides is 2. The molecule has 126 valence electrons. The molecule has 1 fully saturated rings. The molecule has 0 radical (unpaired) electrons. The first-order valence-corrected chi connectivity index (χ1v) is 8.81. The predicted molar refractivity (Wildman–Crippen MR) is 87.2 cm³/mol. The van der Waals surface area contributed by atoms with Crippen LogP contribution in [0.2, 0.25) is 0 Å². The number of hydrogen-bond donors (Lipinski definition) is 1. The molecule has 6 nitrogen and oxygen atoms in total. The molecule has 1 aromatic heterocycles. The third kappa shape index (κ3) is 5.06. The number of nitrogens with one attached hydrogen (secondary N) is 1. The number of rotatable bonds is 6. The van der Waals surface area contributed by atoms with E-state index in [0.717, 1.165) is 12.8 Å². The zero-order chi connectivity index (χ0) is 16.7. The van der Waals surface area contributed by atoms with Crippen LogP contribution in [0.1, 0.15) is 36.5 Å². The Bertz CT molecular complexity index is 544. The van der Waals surface area contributed by atoms with Crippen molar-refractivity contribution in [3.63, 3.8) is 0 Å². The highest BCUT2D eigenvalue weighted by Gasteiger charge is 2.29. The molecule has 1 atom stereocenters. The highest BCUT2D eigenvalue weighted by Crippen LogP contribution is 2.18. The monoisotopic (exact) mass is 338 g/mol. The number of thiophene rings is 1. The van der Waals surface area contributed by atoms with Crippen molar-refractivity contribution < 1.29 is 19.1 Å². The quantitative estimate of drug-likeness (QED) is 0.801. The number of esters is 1. The highest BCUT2D eigenvalue weighted by atomic mass is 32.1. The normalized spacial score (nSPS) is 17.6. The van der Waals surface area contributed by atoms with Crippen LogP contribution >= 0.6 is 11.3 Å². The average molecular weight is 338 g/mol. The Balaban J connectivity index is 1.74. The molecule has 0 aromatic carbocycles. The van der Waals surface area contributed by atoms with Crippen molar-refractivity contribution in [3.8, 4) is 0 Å². The van der Waals surface area contributed by atoms with Crippen LogP contribution in [-0.2, 0) is 14.3 Å². The Morgan fingerprint density at radius 1 is 1.43 bits per heavy atom. The third-order valence-electron chi connectivity index (χ3n) is 3.80. The minimum absolute atomic E-state index is 0.0374. The van der Waals surface area contributed by atoms with E-state index in [0.29, 0.717) is 31.8 Å². The molecule has 7 heteroatoms. The van der Waals surface area contributed by atoms with Gasteiger partial charge in [-0.2, -0.15) is 11.3 Å². The lowest BCUT2D eigenvalue weighted by Crippen LogP contribution is -2.43. The van der Waals surface area contributed by atoms with Crippen molar-refractivity contribution in [3.05, 3.63) is 22.4 Å². The lowest BCUT2D eigenvalue weighted by molar-refractivity contribution is -0.151. The molecule has 1 aromatic rings. The number of piperidine rings is 1. The fourth-order valence-electron chi connectivity index (χ4n) is 2.59. The zero-order valence-corrected chi connectivity index (χ0v) is 14.1. The molecule has 23 heavy (non-hydrogen) atoms. The molecule has 1 N–H and O–H groups in total. The maximum absolute atomic E-state index is 12.2. The Morgan fingerprint density at radius 3 is 2.96 bits per heavy atom. The standard InChI is InChI=1S/C16H22N2O4S/c1-2-22-16(21)12-4-3-8-18(10-12)14(19)5-7-17-15(20)13-6-9-23-11-13/h6,9,11-12H,2-5,7-8,10H2,1H3,(H,17,20)/t12-/m1/s1. The molecule has 2 heterocycles. The maximum atomic E-state index is 12.2. The van der Waals surface area contributed by atoms with Gasteiger partial charge in [-0.1, -0.05) is 0 Å². The van der Waals surface area contributed by atoms with Gasteiger partial charge in [0.15, 0.2) is 0 Å². The van der Waals surface area contributed by atoms with E-state index in [4.69, 9.17) is 4.74 Å². The molecular weight excluding hydrogens is 316 g/mol. The largest absolute Gasteiger partial charge is 0.466 e. The van der Waals surface area contributed by atoms with Gasteiger partial charge in [0, 0.05) is 37.0 Å². The van der Waals surface area contributed by atoms with Gasteiger partial charge in [0.2, 0.25) is 5.91 Å². The highest BCUT2D eigenvalue weighted by molar-refractivity contribution is 7.08. The van der Waals surface area contributed by atoms with Gasteiger partial charge in [-0.05, 0) is 31.2 Å². The van der Waals surface area contributed by atoms with Gasteiger partial charge in [-0.3, -0.25) is 14.4 Å². The minimum Gasteiger partial charge on any atom is -0.466 e. The summed E-state index contributed by atoms with van der Waals surface area (Å²) in [7, 11) is 0. The second-order valence-electron chi connectivity index (χ2n) is 5.45. The summed E-state index contributed by atoms with van der Waals surface area (Å²) in [4.78, 5) is 37.5. The van der Waals surface area contributed by atoms with Crippen LogP contribution in [0.5, 0.6) is 0 Å². The Kier molecular flexibility index (Phi) is 6.58.